The Morgan fingerprint density at radius 2 is 2.22 bits per heavy atom. The second-order valence-electron chi connectivity index (χ2n) is 4.41. The molecule has 0 amide bonds. The molecule has 1 aliphatic heterocycles. The molecule has 0 fully saturated rings. The summed E-state index contributed by atoms with van der Waals surface area (Å²) in [7, 11) is 1.31. The molecule has 5 heteroatoms. The van der Waals surface area contributed by atoms with Gasteiger partial charge in [-0.05, 0) is 35.2 Å². The molecular formula is C13H16BrNO3. The number of nitrogens with zero attached hydrogens (tertiary/aromatic N) is 1. The second kappa shape index (κ2) is 5.26. The molecule has 0 spiro atoms. The Morgan fingerprint density at radius 1 is 1.50 bits per heavy atom. The van der Waals surface area contributed by atoms with Gasteiger partial charge in [0.15, 0.2) is 0 Å². The predicted octanol–water partition coefficient (Wildman–Crippen LogP) is 2.30. The van der Waals surface area contributed by atoms with Crippen molar-refractivity contribution in [1.29, 1.82) is 0 Å². The highest BCUT2D eigenvalue weighted by Gasteiger charge is 2.26. The topological polar surface area (TPSA) is 48.3 Å². The van der Waals surface area contributed by atoms with Crippen LogP contribution in [-0.4, -0.2) is 17.6 Å². The first kappa shape index (κ1) is 13.3. The van der Waals surface area contributed by atoms with Gasteiger partial charge in [-0.2, -0.15) is 0 Å². The highest BCUT2D eigenvalue weighted by Crippen LogP contribution is 2.26. The van der Waals surface area contributed by atoms with E-state index >= 15 is 0 Å². The van der Waals surface area contributed by atoms with Crippen LogP contribution in [0, 0.1) is 0 Å². The van der Waals surface area contributed by atoms with Gasteiger partial charge < -0.3 is 9.30 Å². The zero-order valence-corrected chi connectivity index (χ0v) is 12.2. The van der Waals surface area contributed by atoms with E-state index in [1.165, 1.54) is 7.11 Å². The summed E-state index contributed by atoms with van der Waals surface area (Å²) < 4.78 is 7.36. The highest BCUT2D eigenvalue weighted by molar-refractivity contribution is 9.10. The van der Waals surface area contributed by atoms with Gasteiger partial charge in [-0.1, -0.05) is 13.3 Å². The van der Waals surface area contributed by atoms with Crippen LogP contribution in [0.4, 0.5) is 0 Å². The van der Waals surface area contributed by atoms with Crippen molar-refractivity contribution in [2.45, 2.75) is 39.2 Å². The fourth-order valence-corrected chi connectivity index (χ4v) is 3.13. The molecule has 1 aromatic heterocycles. The maximum absolute atomic E-state index is 12.3. The van der Waals surface area contributed by atoms with Crippen LogP contribution in [0.1, 0.15) is 41.5 Å². The fraction of sp³-hybridized carbons (Fsp3) is 0.538. The zero-order valence-electron chi connectivity index (χ0n) is 10.6. The second-order valence-corrected chi connectivity index (χ2v) is 5.20. The first-order valence-corrected chi connectivity index (χ1v) is 6.93. The van der Waals surface area contributed by atoms with Crippen molar-refractivity contribution in [2.24, 2.45) is 0 Å². The number of hydrogen-bond donors (Lipinski definition) is 0. The molecule has 0 aliphatic carbocycles. The largest absolute Gasteiger partial charge is 0.465 e. The van der Waals surface area contributed by atoms with E-state index in [-0.39, 0.29) is 11.0 Å². The van der Waals surface area contributed by atoms with Crippen LogP contribution in [0.25, 0.3) is 0 Å². The minimum atomic E-state index is -0.536. The fourth-order valence-electron chi connectivity index (χ4n) is 2.52. The number of esters is 1. The van der Waals surface area contributed by atoms with Gasteiger partial charge in [-0.3, -0.25) is 4.79 Å². The molecule has 0 atom stereocenters. The number of rotatable bonds is 3. The Kier molecular flexibility index (Phi) is 3.90. The number of carbonyl (C=O) groups excluding carboxylic acids is 1. The Bertz CT molecular complexity index is 548. The Morgan fingerprint density at radius 3 is 2.83 bits per heavy atom. The third-order valence-corrected chi connectivity index (χ3v) is 4.11. The van der Waals surface area contributed by atoms with Crippen molar-refractivity contribution in [1.82, 2.24) is 4.57 Å². The highest BCUT2D eigenvalue weighted by atomic mass is 79.9. The smallest absolute Gasteiger partial charge is 0.343 e. The van der Waals surface area contributed by atoms with Gasteiger partial charge in [-0.15, -0.1) is 0 Å². The van der Waals surface area contributed by atoms with E-state index in [1.54, 1.807) is 0 Å². The summed E-state index contributed by atoms with van der Waals surface area (Å²) in [6, 6.07) is 0. The lowest BCUT2D eigenvalue weighted by atomic mass is 10.1. The molecule has 0 saturated heterocycles. The Balaban J connectivity index is 2.74. The van der Waals surface area contributed by atoms with Crippen molar-refractivity contribution < 1.29 is 9.53 Å². The van der Waals surface area contributed by atoms with Crippen LogP contribution >= 0.6 is 15.9 Å². The van der Waals surface area contributed by atoms with Crippen molar-refractivity contribution in [3.05, 3.63) is 31.6 Å². The van der Waals surface area contributed by atoms with Gasteiger partial charge in [0, 0.05) is 17.9 Å². The minimum absolute atomic E-state index is 0.192. The maximum Gasteiger partial charge on any atom is 0.343 e. The molecule has 0 radical (unpaired) electrons. The average Bonchev–Trinajstić information content (AvgIpc) is 2.84. The van der Waals surface area contributed by atoms with Gasteiger partial charge in [0.25, 0.3) is 0 Å². The number of ether oxygens (including phenoxy) is 1. The summed E-state index contributed by atoms with van der Waals surface area (Å²) >= 11 is 3.32. The average molecular weight is 314 g/mol. The molecule has 0 aromatic carbocycles. The number of pyridine rings is 1. The zero-order chi connectivity index (χ0) is 13.3. The molecule has 2 rings (SSSR count). The molecule has 0 N–H and O–H groups in total. The quantitative estimate of drug-likeness (QED) is 0.804. The van der Waals surface area contributed by atoms with Crippen LogP contribution in [0.3, 0.4) is 0 Å². The third kappa shape index (κ3) is 2.00. The standard InChI is InChI=1S/C13H16BrNO3/c1-3-5-8-10(13(17)18-2)12(16)11(14)9-6-4-7-15(8)9/h3-7H2,1-2H3. The summed E-state index contributed by atoms with van der Waals surface area (Å²) in [6.45, 7) is 2.91. The molecular weight excluding hydrogens is 298 g/mol. The van der Waals surface area contributed by atoms with E-state index in [9.17, 15) is 9.59 Å². The van der Waals surface area contributed by atoms with Crippen LogP contribution < -0.4 is 5.43 Å². The third-order valence-electron chi connectivity index (χ3n) is 3.29. The summed E-state index contributed by atoms with van der Waals surface area (Å²) in [4.78, 5) is 24.1. The van der Waals surface area contributed by atoms with Crippen molar-refractivity contribution in [3.8, 4) is 0 Å². The van der Waals surface area contributed by atoms with Gasteiger partial charge >= 0.3 is 5.97 Å². The lowest BCUT2D eigenvalue weighted by Gasteiger charge is -2.16. The summed E-state index contributed by atoms with van der Waals surface area (Å²) in [6.07, 6.45) is 3.51. The van der Waals surface area contributed by atoms with E-state index in [4.69, 9.17) is 4.74 Å². The van der Waals surface area contributed by atoms with E-state index in [2.05, 4.69) is 20.5 Å². The number of aromatic nitrogens is 1. The molecule has 0 saturated carbocycles. The van der Waals surface area contributed by atoms with Crippen LogP contribution in [0.2, 0.25) is 0 Å². The van der Waals surface area contributed by atoms with Gasteiger partial charge in [0.2, 0.25) is 5.43 Å². The summed E-state index contributed by atoms with van der Waals surface area (Å²) in [5.74, 6) is -0.536. The molecule has 0 bridgehead atoms. The monoisotopic (exact) mass is 313 g/mol. The lowest BCUT2D eigenvalue weighted by molar-refractivity contribution is 0.0596. The van der Waals surface area contributed by atoms with Crippen LogP contribution in [0.5, 0.6) is 0 Å². The number of fused-ring (bicyclic) bond motifs is 1. The normalized spacial score (nSPS) is 13.5. The first-order chi connectivity index (χ1) is 8.61. The number of halogens is 1. The molecule has 1 aromatic rings. The molecule has 4 nitrogen and oxygen atoms in total. The van der Waals surface area contributed by atoms with Gasteiger partial charge in [0.1, 0.15) is 5.56 Å². The SMILES string of the molecule is CCCc1c(C(=O)OC)c(=O)c(Br)c2n1CCC2. The summed E-state index contributed by atoms with van der Waals surface area (Å²) in [5, 5.41) is 0. The molecule has 2 heterocycles. The molecule has 18 heavy (non-hydrogen) atoms. The minimum Gasteiger partial charge on any atom is -0.465 e. The number of carbonyl (C=O) groups is 1. The molecule has 0 unspecified atom stereocenters. The lowest BCUT2D eigenvalue weighted by Crippen LogP contribution is -2.26. The number of methoxy groups -OCH3 is 1. The van der Waals surface area contributed by atoms with Crippen molar-refractivity contribution >= 4 is 21.9 Å². The Hall–Kier alpha value is -1.10. The molecule has 98 valence electrons. The first-order valence-electron chi connectivity index (χ1n) is 6.14. The van der Waals surface area contributed by atoms with Gasteiger partial charge in [0.05, 0.1) is 11.6 Å². The van der Waals surface area contributed by atoms with E-state index in [0.29, 0.717) is 4.47 Å². The van der Waals surface area contributed by atoms with Crippen LogP contribution in [-0.2, 0) is 24.1 Å². The summed E-state index contributed by atoms with van der Waals surface area (Å²) in [5.41, 5.74) is 1.79. The van der Waals surface area contributed by atoms with E-state index in [1.807, 2.05) is 6.92 Å². The molecule has 1 aliphatic rings. The maximum atomic E-state index is 12.3. The predicted molar refractivity (Wildman–Crippen MR) is 72.1 cm³/mol. The van der Waals surface area contributed by atoms with E-state index < -0.39 is 5.97 Å². The van der Waals surface area contributed by atoms with Crippen LogP contribution in [0.15, 0.2) is 9.27 Å². The number of hydrogen-bond acceptors (Lipinski definition) is 3. The van der Waals surface area contributed by atoms with Crippen molar-refractivity contribution in [3.63, 3.8) is 0 Å². The van der Waals surface area contributed by atoms with Crippen molar-refractivity contribution in [2.75, 3.05) is 7.11 Å². The van der Waals surface area contributed by atoms with E-state index in [0.717, 1.165) is 43.6 Å². The van der Waals surface area contributed by atoms with Gasteiger partial charge in [-0.25, -0.2) is 4.79 Å². The Labute approximate surface area is 114 Å².